The zero-order valence-electron chi connectivity index (χ0n) is 11.2. The largest absolute Gasteiger partial charge is 0.326 e. The van der Waals surface area contributed by atoms with Gasteiger partial charge in [0.2, 0.25) is 0 Å². The highest BCUT2D eigenvalue weighted by Gasteiger charge is 2.29. The second kappa shape index (κ2) is 5.19. The van der Waals surface area contributed by atoms with Crippen LogP contribution in [0, 0.1) is 5.92 Å². The van der Waals surface area contributed by atoms with Gasteiger partial charge in [0.05, 0.1) is 0 Å². The van der Waals surface area contributed by atoms with E-state index in [1.807, 2.05) is 0 Å². The highest BCUT2D eigenvalue weighted by molar-refractivity contribution is 5.25. The van der Waals surface area contributed by atoms with Gasteiger partial charge in [-0.05, 0) is 30.4 Å². The lowest BCUT2D eigenvalue weighted by Gasteiger charge is -2.24. The molecule has 2 N–H and O–H groups in total. The Hall–Kier alpha value is -0.860. The third-order valence-electron chi connectivity index (χ3n) is 4.12. The Balaban J connectivity index is 2.06. The highest BCUT2D eigenvalue weighted by Crippen LogP contribution is 2.26. The van der Waals surface area contributed by atoms with Crippen molar-refractivity contribution in [1.82, 2.24) is 4.90 Å². The number of likely N-dealkylation sites (tertiary alicyclic amines) is 1. The summed E-state index contributed by atoms with van der Waals surface area (Å²) in [5, 5.41) is 0. The fourth-order valence-electron chi connectivity index (χ4n) is 2.59. The van der Waals surface area contributed by atoms with Crippen LogP contribution in [0.5, 0.6) is 0 Å². The minimum absolute atomic E-state index is 0.340. The van der Waals surface area contributed by atoms with Gasteiger partial charge in [-0.1, -0.05) is 38.1 Å². The van der Waals surface area contributed by atoms with Crippen molar-refractivity contribution in [2.75, 3.05) is 13.1 Å². The second-order valence-corrected chi connectivity index (χ2v) is 5.37. The molecule has 0 amide bonds. The average molecular weight is 232 g/mol. The molecule has 1 fully saturated rings. The summed E-state index contributed by atoms with van der Waals surface area (Å²) in [6.07, 6.45) is 1.11. The molecule has 2 heteroatoms. The third-order valence-corrected chi connectivity index (χ3v) is 4.12. The van der Waals surface area contributed by atoms with Crippen LogP contribution in [0.3, 0.4) is 0 Å². The molecule has 2 nitrogen and oxygen atoms in total. The Bertz CT molecular complexity index is 348. The first-order valence-corrected chi connectivity index (χ1v) is 6.70. The molecule has 0 spiro atoms. The standard InChI is InChI=1S/C15H24N2/c1-4-13-5-7-14(8-6-13)12(3)17-9-11(2)15(16)10-17/h5-8,11-12,15H,4,9-10,16H2,1-3H3. The predicted octanol–water partition coefficient (Wildman–Crippen LogP) is 2.59. The Kier molecular flexibility index (Phi) is 3.85. The monoisotopic (exact) mass is 232 g/mol. The van der Waals surface area contributed by atoms with E-state index in [0.29, 0.717) is 18.0 Å². The van der Waals surface area contributed by atoms with Gasteiger partial charge in [0.1, 0.15) is 0 Å². The number of nitrogens with two attached hydrogens (primary N) is 1. The molecular weight excluding hydrogens is 208 g/mol. The molecule has 94 valence electrons. The Morgan fingerprint density at radius 2 is 1.94 bits per heavy atom. The minimum atomic E-state index is 0.340. The molecule has 0 saturated carbocycles. The maximum atomic E-state index is 6.09. The molecule has 0 radical (unpaired) electrons. The quantitative estimate of drug-likeness (QED) is 0.868. The van der Waals surface area contributed by atoms with Gasteiger partial charge in [0.25, 0.3) is 0 Å². The van der Waals surface area contributed by atoms with Gasteiger partial charge in [-0.25, -0.2) is 0 Å². The molecule has 0 aromatic heterocycles. The molecule has 3 unspecified atom stereocenters. The summed E-state index contributed by atoms with van der Waals surface area (Å²) in [6, 6.07) is 9.83. The van der Waals surface area contributed by atoms with Gasteiger partial charge in [-0.2, -0.15) is 0 Å². The van der Waals surface area contributed by atoms with Gasteiger partial charge in [0, 0.05) is 25.2 Å². The predicted molar refractivity (Wildman–Crippen MR) is 72.9 cm³/mol. The molecule has 0 bridgehead atoms. The molecule has 1 aliphatic heterocycles. The molecule has 1 aliphatic rings. The van der Waals surface area contributed by atoms with E-state index in [9.17, 15) is 0 Å². The Labute approximate surface area is 105 Å². The third kappa shape index (κ3) is 2.70. The van der Waals surface area contributed by atoms with E-state index in [1.165, 1.54) is 11.1 Å². The number of rotatable bonds is 3. The van der Waals surface area contributed by atoms with Crippen molar-refractivity contribution in [3.63, 3.8) is 0 Å². The molecule has 1 saturated heterocycles. The van der Waals surface area contributed by atoms with Crippen molar-refractivity contribution < 1.29 is 0 Å². The molecule has 17 heavy (non-hydrogen) atoms. The van der Waals surface area contributed by atoms with Crippen LogP contribution in [-0.4, -0.2) is 24.0 Å². The topological polar surface area (TPSA) is 29.3 Å². The van der Waals surface area contributed by atoms with Crippen LogP contribution >= 0.6 is 0 Å². The van der Waals surface area contributed by atoms with Crippen LogP contribution in [0.1, 0.15) is 37.9 Å². The van der Waals surface area contributed by atoms with Crippen LogP contribution in [-0.2, 0) is 6.42 Å². The lowest BCUT2D eigenvalue weighted by atomic mass is 10.0. The summed E-state index contributed by atoms with van der Waals surface area (Å²) in [7, 11) is 0. The average Bonchev–Trinajstić information content (AvgIpc) is 2.69. The van der Waals surface area contributed by atoms with Crippen LogP contribution in [0.2, 0.25) is 0 Å². The van der Waals surface area contributed by atoms with E-state index < -0.39 is 0 Å². The van der Waals surface area contributed by atoms with Crippen LogP contribution in [0.15, 0.2) is 24.3 Å². The van der Waals surface area contributed by atoms with E-state index in [0.717, 1.165) is 19.5 Å². The smallest absolute Gasteiger partial charge is 0.0320 e. The first-order chi connectivity index (χ1) is 8.11. The number of hydrogen-bond acceptors (Lipinski definition) is 2. The van der Waals surface area contributed by atoms with Gasteiger partial charge in [-0.3, -0.25) is 4.90 Å². The molecule has 1 heterocycles. The van der Waals surface area contributed by atoms with E-state index in [-0.39, 0.29) is 0 Å². The Morgan fingerprint density at radius 1 is 1.29 bits per heavy atom. The van der Waals surface area contributed by atoms with Crippen molar-refractivity contribution >= 4 is 0 Å². The number of nitrogens with zero attached hydrogens (tertiary/aromatic N) is 1. The summed E-state index contributed by atoms with van der Waals surface area (Å²) in [6.45, 7) is 8.87. The van der Waals surface area contributed by atoms with E-state index in [2.05, 4.69) is 49.9 Å². The first kappa shape index (κ1) is 12.6. The van der Waals surface area contributed by atoms with Crippen LogP contribution < -0.4 is 5.73 Å². The van der Waals surface area contributed by atoms with Gasteiger partial charge in [0.15, 0.2) is 0 Å². The molecule has 3 atom stereocenters. The van der Waals surface area contributed by atoms with Gasteiger partial charge < -0.3 is 5.73 Å². The molecular formula is C15H24N2. The number of aryl methyl sites for hydroxylation is 1. The Morgan fingerprint density at radius 3 is 2.41 bits per heavy atom. The fourth-order valence-corrected chi connectivity index (χ4v) is 2.59. The van der Waals surface area contributed by atoms with Crippen LogP contribution in [0.25, 0.3) is 0 Å². The van der Waals surface area contributed by atoms with Gasteiger partial charge in [-0.15, -0.1) is 0 Å². The second-order valence-electron chi connectivity index (χ2n) is 5.37. The molecule has 1 aromatic rings. The fraction of sp³-hybridized carbons (Fsp3) is 0.600. The summed E-state index contributed by atoms with van der Waals surface area (Å²) in [5.41, 5.74) is 8.90. The molecule has 1 aromatic carbocycles. The minimum Gasteiger partial charge on any atom is -0.326 e. The lowest BCUT2D eigenvalue weighted by molar-refractivity contribution is 0.253. The van der Waals surface area contributed by atoms with Crippen molar-refractivity contribution in [1.29, 1.82) is 0 Å². The number of hydrogen-bond donors (Lipinski definition) is 1. The van der Waals surface area contributed by atoms with E-state index >= 15 is 0 Å². The SMILES string of the molecule is CCc1ccc(C(C)N2CC(C)C(N)C2)cc1. The van der Waals surface area contributed by atoms with Crippen molar-refractivity contribution in [2.45, 2.75) is 39.3 Å². The summed E-state index contributed by atoms with van der Waals surface area (Å²) in [5.74, 6) is 0.618. The van der Waals surface area contributed by atoms with Crippen molar-refractivity contribution in [3.8, 4) is 0 Å². The zero-order valence-corrected chi connectivity index (χ0v) is 11.2. The number of benzene rings is 1. The van der Waals surface area contributed by atoms with Gasteiger partial charge >= 0.3 is 0 Å². The van der Waals surface area contributed by atoms with E-state index in [4.69, 9.17) is 5.73 Å². The first-order valence-electron chi connectivity index (χ1n) is 6.70. The zero-order chi connectivity index (χ0) is 12.4. The summed E-state index contributed by atoms with van der Waals surface area (Å²) < 4.78 is 0. The maximum absolute atomic E-state index is 6.09. The molecule has 2 rings (SSSR count). The highest BCUT2D eigenvalue weighted by atomic mass is 15.2. The van der Waals surface area contributed by atoms with E-state index in [1.54, 1.807) is 0 Å². The molecule has 0 aliphatic carbocycles. The maximum Gasteiger partial charge on any atom is 0.0320 e. The van der Waals surface area contributed by atoms with Crippen LogP contribution in [0.4, 0.5) is 0 Å². The normalized spacial score (nSPS) is 27.3. The summed E-state index contributed by atoms with van der Waals surface area (Å²) >= 11 is 0. The van der Waals surface area contributed by atoms with Crippen molar-refractivity contribution in [3.05, 3.63) is 35.4 Å². The van der Waals surface area contributed by atoms with Crippen molar-refractivity contribution in [2.24, 2.45) is 11.7 Å². The lowest BCUT2D eigenvalue weighted by Crippen LogP contribution is -2.29. The summed E-state index contributed by atoms with van der Waals surface area (Å²) in [4.78, 5) is 2.50.